The van der Waals surface area contributed by atoms with Gasteiger partial charge in [-0.1, -0.05) is 30.3 Å². The standard InChI is InChI=1S/C24H28FN5O3/c25-17-8-6-16(7-9-17)13-26-22(31)11-10-20-14-27-23(32)21-12-19(15-30(20)21)29-24(33)28-18-4-2-1-3-5-18/h1-9,19-21H,10-15H2,(H,26,31)(H,27,32)(H2,28,29,33)/t19-,20+,21-/m0/s1. The van der Waals surface area contributed by atoms with Crippen molar-refractivity contribution >= 4 is 23.5 Å². The lowest BCUT2D eigenvalue weighted by atomic mass is 10.0. The molecule has 0 bridgehead atoms. The number of amides is 4. The molecule has 174 valence electrons. The van der Waals surface area contributed by atoms with Gasteiger partial charge in [0, 0.05) is 43.8 Å². The smallest absolute Gasteiger partial charge is 0.319 e. The van der Waals surface area contributed by atoms with E-state index >= 15 is 0 Å². The number of rotatable bonds is 7. The molecular weight excluding hydrogens is 425 g/mol. The van der Waals surface area contributed by atoms with E-state index in [4.69, 9.17) is 0 Å². The van der Waals surface area contributed by atoms with Crippen LogP contribution in [0.5, 0.6) is 0 Å². The zero-order valence-electron chi connectivity index (χ0n) is 18.2. The normalized spacial score (nSPS) is 22.2. The summed E-state index contributed by atoms with van der Waals surface area (Å²) in [5.41, 5.74) is 1.53. The van der Waals surface area contributed by atoms with Gasteiger partial charge in [0.15, 0.2) is 0 Å². The molecule has 0 unspecified atom stereocenters. The fraction of sp³-hybridized carbons (Fsp3) is 0.375. The van der Waals surface area contributed by atoms with Crippen LogP contribution in [-0.2, 0) is 16.1 Å². The van der Waals surface area contributed by atoms with Crippen molar-refractivity contribution < 1.29 is 18.8 Å². The minimum atomic E-state index is -0.312. The van der Waals surface area contributed by atoms with Gasteiger partial charge in [0.25, 0.3) is 0 Å². The van der Waals surface area contributed by atoms with Gasteiger partial charge in [-0.25, -0.2) is 9.18 Å². The first-order chi connectivity index (χ1) is 16.0. The molecule has 2 heterocycles. The zero-order chi connectivity index (χ0) is 23.2. The molecule has 8 nitrogen and oxygen atoms in total. The number of carbonyl (C=O) groups is 3. The summed E-state index contributed by atoms with van der Waals surface area (Å²) in [5, 5.41) is 11.5. The lowest BCUT2D eigenvalue weighted by molar-refractivity contribution is -0.129. The van der Waals surface area contributed by atoms with Gasteiger partial charge in [-0.05, 0) is 42.7 Å². The Morgan fingerprint density at radius 3 is 2.61 bits per heavy atom. The summed E-state index contributed by atoms with van der Waals surface area (Å²) in [6, 6.07) is 14.4. The summed E-state index contributed by atoms with van der Waals surface area (Å²) in [6.07, 6.45) is 1.44. The molecule has 0 spiro atoms. The van der Waals surface area contributed by atoms with E-state index in [9.17, 15) is 18.8 Å². The van der Waals surface area contributed by atoms with Crippen LogP contribution in [0.1, 0.15) is 24.8 Å². The van der Waals surface area contributed by atoms with E-state index in [1.54, 1.807) is 12.1 Å². The number of piperazine rings is 1. The Labute approximate surface area is 191 Å². The third kappa shape index (κ3) is 6.07. The van der Waals surface area contributed by atoms with Crippen molar-refractivity contribution in [1.82, 2.24) is 20.9 Å². The third-order valence-corrected chi connectivity index (χ3v) is 6.10. The predicted molar refractivity (Wildman–Crippen MR) is 122 cm³/mol. The van der Waals surface area contributed by atoms with Crippen LogP contribution in [0.4, 0.5) is 14.9 Å². The highest BCUT2D eigenvalue weighted by Crippen LogP contribution is 2.26. The molecule has 3 atom stereocenters. The van der Waals surface area contributed by atoms with Crippen LogP contribution in [0.25, 0.3) is 0 Å². The lowest BCUT2D eigenvalue weighted by Gasteiger charge is -2.37. The van der Waals surface area contributed by atoms with Gasteiger partial charge in [-0.2, -0.15) is 0 Å². The minimum Gasteiger partial charge on any atom is -0.353 e. The lowest BCUT2D eigenvalue weighted by Crippen LogP contribution is -2.58. The molecule has 0 radical (unpaired) electrons. The highest BCUT2D eigenvalue weighted by molar-refractivity contribution is 5.89. The van der Waals surface area contributed by atoms with Gasteiger partial charge in [-0.3, -0.25) is 14.5 Å². The Morgan fingerprint density at radius 1 is 1.09 bits per heavy atom. The first-order valence-corrected chi connectivity index (χ1v) is 11.1. The summed E-state index contributed by atoms with van der Waals surface area (Å²) < 4.78 is 13.0. The van der Waals surface area contributed by atoms with E-state index < -0.39 is 0 Å². The number of urea groups is 1. The van der Waals surface area contributed by atoms with E-state index in [0.29, 0.717) is 44.6 Å². The molecule has 4 amide bonds. The maximum atomic E-state index is 13.0. The molecule has 4 N–H and O–H groups in total. The Bertz CT molecular complexity index is 985. The first kappa shape index (κ1) is 22.7. The number of hydrogen-bond acceptors (Lipinski definition) is 4. The van der Waals surface area contributed by atoms with Crippen molar-refractivity contribution in [3.8, 4) is 0 Å². The largest absolute Gasteiger partial charge is 0.353 e. The van der Waals surface area contributed by atoms with Crippen LogP contribution >= 0.6 is 0 Å². The summed E-state index contributed by atoms with van der Waals surface area (Å²) in [6.45, 7) is 1.38. The second-order valence-electron chi connectivity index (χ2n) is 8.45. The number of nitrogens with zero attached hydrogens (tertiary/aromatic N) is 1. The van der Waals surface area contributed by atoms with E-state index in [2.05, 4.69) is 26.2 Å². The van der Waals surface area contributed by atoms with Crippen LogP contribution in [0.15, 0.2) is 54.6 Å². The van der Waals surface area contributed by atoms with Crippen molar-refractivity contribution in [2.24, 2.45) is 0 Å². The molecule has 2 aromatic carbocycles. The maximum Gasteiger partial charge on any atom is 0.319 e. The summed E-state index contributed by atoms with van der Waals surface area (Å²) >= 11 is 0. The number of carbonyl (C=O) groups excluding carboxylic acids is 3. The molecule has 2 aromatic rings. The number of fused-ring (bicyclic) bond motifs is 1. The molecular formula is C24H28FN5O3. The van der Waals surface area contributed by atoms with Crippen molar-refractivity contribution in [3.05, 3.63) is 66.0 Å². The Balaban J connectivity index is 1.25. The van der Waals surface area contributed by atoms with Gasteiger partial charge < -0.3 is 21.3 Å². The number of halogens is 1. The SMILES string of the molecule is O=C(CC[C@@H]1CNC(=O)[C@@H]2C[C@H](NC(=O)Nc3ccccc3)CN12)NCc1ccc(F)cc1. The minimum absolute atomic E-state index is 0.0215. The van der Waals surface area contributed by atoms with Gasteiger partial charge in [0.1, 0.15) is 5.82 Å². The highest BCUT2D eigenvalue weighted by Gasteiger charge is 2.43. The van der Waals surface area contributed by atoms with Crippen molar-refractivity contribution in [3.63, 3.8) is 0 Å². The fourth-order valence-electron chi connectivity index (χ4n) is 4.41. The highest BCUT2D eigenvalue weighted by atomic mass is 19.1. The molecule has 0 aromatic heterocycles. The Kier molecular flexibility index (Phi) is 7.19. The van der Waals surface area contributed by atoms with Crippen molar-refractivity contribution in [1.29, 1.82) is 0 Å². The number of benzene rings is 2. The van der Waals surface area contributed by atoms with Crippen LogP contribution in [0.3, 0.4) is 0 Å². The molecule has 2 aliphatic heterocycles. The topological polar surface area (TPSA) is 103 Å². The van der Waals surface area contributed by atoms with Crippen molar-refractivity contribution in [2.75, 3.05) is 18.4 Å². The van der Waals surface area contributed by atoms with E-state index in [-0.39, 0.29) is 41.8 Å². The monoisotopic (exact) mass is 453 g/mol. The van der Waals surface area contributed by atoms with Gasteiger partial charge in [0.05, 0.1) is 6.04 Å². The molecule has 0 saturated carbocycles. The molecule has 0 aliphatic carbocycles. The molecule has 4 rings (SSSR count). The number of para-hydroxylation sites is 1. The first-order valence-electron chi connectivity index (χ1n) is 11.1. The van der Waals surface area contributed by atoms with Crippen LogP contribution in [-0.4, -0.2) is 54.0 Å². The summed E-state index contributed by atoms with van der Waals surface area (Å²) in [7, 11) is 0. The Morgan fingerprint density at radius 2 is 1.85 bits per heavy atom. The predicted octanol–water partition coefficient (Wildman–Crippen LogP) is 1.99. The average molecular weight is 454 g/mol. The van der Waals surface area contributed by atoms with Gasteiger partial charge >= 0.3 is 6.03 Å². The average Bonchev–Trinajstić information content (AvgIpc) is 3.23. The number of nitrogens with one attached hydrogen (secondary N) is 4. The molecule has 2 aliphatic rings. The Hall–Kier alpha value is -3.46. The van der Waals surface area contributed by atoms with E-state index in [0.717, 1.165) is 5.56 Å². The molecule has 9 heteroatoms. The quantitative estimate of drug-likeness (QED) is 0.515. The number of hydrogen-bond donors (Lipinski definition) is 4. The second kappa shape index (κ2) is 10.4. The molecule has 33 heavy (non-hydrogen) atoms. The maximum absolute atomic E-state index is 13.0. The van der Waals surface area contributed by atoms with Crippen LogP contribution in [0.2, 0.25) is 0 Å². The van der Waals surface area contributed by atoms with Crippen LogP contribution in [0, 0.1) is 5.82 Å². The van der Waals surface area contributed by atoms with Gasteiger partial charge in [0.2, 0.25) is 11.8 Å². The zero-order valence-corrected chi connectivity index (χ0v) is 18.2. The van der Waals surface area contributed by atoms with Crippen LogP contribution < -0.4 is 21.3 Å². The molecule has 2 saturated heterocycles. The fourth-order valence-corrected chi connectivity index (χ4v) is 4.41. The summed E-state index contributed by atoms with van der Waals surface area (Å²) in [5.74, 6) is -0.446. The van der Waals surface area contributed by atoms with Crippen molar-refractivity contribution in [2.45, 2.75) is 43.9 Å². The number of anilines is 1. The summed E-state index contributed by atoms with van der Waals surface area (Å²) in [4.78, 5) is 39.1. The van der Waals surface area contributed by atoms with E-state index in [1.807, 2.05) is 30.3 Å². The molecule has 2 fully saturated rings. The third-order valence-electron chi connectivity index (χ3n) is 6.10. The van der Waals surface area contributed by atoms with Gasteiger partial charge in [-0.15, -0.1) is 0 Å². The second-order valence-corrected chi connectivity index (χ2v) is 8.45. The van der Waals surface area contributed by atoms with E-state index in [1.165, 1.54) is 12.1 Å².